The van der Waals surface area contributed by atoms with Crippen LogP contribution in [0.2, 0.25) is 0 Å². The molecule has 0 heterocycles. The lowest BCUT2D eigenvalue weighted by atomic mass is 10.7. The minimum absolute atomic E-state index is 0.0648. The summed E-state index contributed by atoms with van der Waals surface area (Å²) in [7, 11) is 3.21. The van der Waals surface area contributed by atoms with E-state index in [1.165, 1.54) is 0 Å². The van der Waals surface area contributed by atoms with E-state index in [0.717, 1.165) is 0 Å². The van der Waals surface area contributed by atoms with Gasteiger partial charge in [0.15, 0.2) is 6.29 Å². The lowest BCUT2D eigenvalue weighted by Crippen LogP contribution is -2.10. The third-order valence-electron chi connectivity index (χ3n) is 0.838. The third-order valence-corrected chi connectivity index (χ3v) is 0.838. The van der Waals surface area contributed by atoms with Crippen LogP contribution in [0.5, 0.6) is 0 Å². The van der Waals surface area contributed by atoms with Gasteiger partial charge in [0.05, 0.1) is 6.54 Å². The fraction of sp³-hybridized carbons (Fsp3) is 0.833. The van der Waals surface area contributed by atoms with Crippen LogP contribution < -0.4 is 5.73 Å². The first kappa shape index (κ1) is 13.0. The monoisotopic (exact) mass is 165 g/mol. The summed E-state index contributed by atoms with van der Waals surface area (Å²) in [6.45, 7) is 1.56. The van der Waals surface area contributed by atoms with Gasteiger partial charge in [0.1, 0.15) is 0 Å². The van der Waals surface area contributed by atoms with Crippen LogP contribution in [0.1, 0.15) is 6.92 Å². The summed E-state index contributed by atoms with van der Waals surface area (Å²) >= 11 is 0. The average molecular weight is 165 g/mol. The topological polar surface area (TPSA) is 81.8 Å². The number of carboxylic acid groups (broad SMARTS) is 1. The summed E-state index contributed by atoms with van der Waals surface area (Å²) in [5.41, 5.74) is 4.57. The van der Waals surface area contributed by atoms with E-state index in [1.54, 1.807) is 14.2 Å². The van der Waals surface area contributed by atoms with Crippen LogP contribution in [-0.2, 0) is 14.3 Å². The van der Waals surface area contributed by atoms with Crippen LogP contribution in [-0.4, -0.2) is 38.1 Å². The summed E-state index contributed by atoms with van der Waals surface area (Å²) in [5.74, 6) is -0.968. The van der Waals surface area contributed by atoms with Crippen molar-refractivity contribution in [1.82, 2.24) is 0 Å². The second-order valence-electron chi connectivity index (χ2n) is 1.64. The molecule has 0 aromatic heterocycles. The maximum absolute atomic E-state index is 9.24. The van der Waals surface area contributed by atoms with Crippen molar-refractivity contribution in [1.29, 1.82) is 0 Å². The van der Waals surface area contributed by atoms with E-state index >= 15 is 0 Å². The Labute approximate surface area is 66.1 Å². The highest BCUT2D eigenvalue weighted by Gasteiger charge is 1.87. The Hall–Kier alpha value is -0.650. The Morgan fingerprint density at radius 1 is 1.55 bits per heavy atom. The number of carboxylic acids is 1. The molecule has 11 heavy (non-hydrogen) atoms. The molecule has 0 saturated heterocycles. The summed E-state index contributed by atoms with van der Waals surface area (Å²) < 4.78 is 9.35. The molecule has 0 rings (SSSR count). The quantitative estimate of drug-likeness (QED) is 0.559. The van der Waals surface area contributed by atoms with Gasteiger partial charge in [0.25, 0.3) is 0 Å². The van der Waals surface area contributed by atoms with Crippen LogP contribution >= 0.6 is 0 Å². The zero-order valence-corrected chi connectivity index (χ0v) is 7.03. The molecule has 5 heteroatoms. The molecular weight excluding hydrogens is 150 g/mol. The number of hydrogen-bond acceptors (Lipinski definition) is 4. The smallest absolute Gasteiger partial charge is 0.317 e. The van der Waals surface area contributed by atoms with Gasteiger partial charge in [-0.3, -0.25) is 4.79 Å². The zero-order chi connectivity index (χ0) is 9.28. The van der Waals surface area contributed by atoms with Crippen molar-refractivity contribution in [2.45, 2.75) is 13.2 Å². The highest BCUT2D eigenvalue weighted by Crippen LogP contribution is 1.82. The summed E-state index contributed by atoms with van der Waals surface area (Å²) in [5, 5.41) is 7.60. The van der Waals surface area contributed by atoms with Crippen molar-refractivity contribution >= 4 is 5.97 Å². The first-order valence-electron chi connectivity index (χ1n) is 3.05. The normalized spacial score (nSPS) is 8.82. The van der Waals surface area contributed by atoms with E-state index in [9.17, 15) is 4.79 Å². The van der Waals surface area contributed by atoms with Crippen LogP contribution in [0.15, 0.2) is 0 Å². The van der Waals surface area contributed by atoms with Gasteiger partial charge in [-0.1, -0.05) is 0 Å². The number of hydrogen-bond donors (Lipinski definition) is 2. The minimum atomic E-state index is -0.968. The van der Waals surface area contributed by atoms with Crippen molar-refractivity contribution in [2.24, 2.45) is 5.73 Å². The first-order chi connectivity index (χ1) is 5.08. The number of rotatable bonds is 3. The van der Waals surface area contributed by atoms with E-state index in [-0.39, 0.29) is 12.8 Å². The molecule has 0 bridgehead atoms. The molecule has 0 aliphatic carbocycles. The molecule has 0 aliphatic heterocycles. The van der Waals surface area contributed by atoms with Gasteiger partial charge in [-0.25, -0.2) is 0 Å². The molecule has 68 valence electrons. The molecule has 3 N–H and O–H groups in total. The van der Waals surface area contributed by atoms with Gasteiger partial charge >= 0.3 is 5.97 Å². The number of carbonyl (C=O) groups is 1. The molecule has 0 aliphatic rings. The number of ether oxygens (including phenoxy) is 2. The molecule has 0 amide bonds. The Kier molecular flexibility index (Phi) is 11.0. The maximum atomic E-state index is 9.24. The summed E-state index contributed by atoms with van der Waals surface area (Å²) in [6.07, 6.45) is -0.0648. The highest BCUT2D eigenvalue weighted by atomic mass is 16.7. The Bertz CT molecular complexity index is 92.6. The largest absolute Gasteiger partial charge is 0.480 e. The minimum Gasteiger partial charge on any atom is -0.480 e. The van der Waals surface area contributed by atoms with Gasteiger partial charge in [-0.05, 0) is 6.92 Å². The summed E-state index contributed by atoms with van der Waals surface area (Å²) in [4.78, 5) is 9.24. The predicted molar refractivity (Wildman–Crippen MR) is 40.2 cm³/mol. The molecule has 0 radical (unpaired) electrons. The van der Waals surface area contributed by atoms with Crippen LogP contribution in [0.25, 0.3) is 0 Å². The molecule has 0 saturated carbocycles. The fourth-order valence-electron chi connectivity index (χ4n) is 0.0962. The molecule has 0 unspecified atom stereocenters. The van der Waals surface area contributed by atoms with E-state index < -0.39 is 5.97 Å². The Morgan fingerprint density at radius 3 is 1.82 bits per heavy atom. The van der Waals surface area contributed by atoms with Gasteiger partial charge in [-0.2, -0.15) is 0 Å². The van der Waals surface area contributed by atoms with Gasteiger partial charge < -0.3 is 20.3 Å². The second kappa shape index (κ2) is 9.35. The number of aliphatic carboxylic acids is 1. The van der Waals surface area contributed by atoms with Crippen molar-refractivity contribution in [3.63, 3.8) is 0 Å². The van der Waals surface area contributed by atoms with Crippen molar-refractivity contribution in [3.8, 4) is 0 Å². The second-order valence-corrected chi connectivity index (χ2v) is 1.64. The molecule has 0 aromatic carbocycles. The predicted octanol–water partition coefficient (Wildman–Crippen LogP) is -0.345. The van der Waals surface area contributed by atoms with E-state index in [4.69, 9.17) is 5.11 Å². The van der Waals surface area contributed by atoms with Gasteiger partial charge in [0, 0.05) is 14.2 Å². The van der Waals surface area contributed by atoms with Crippen molar-refractivity contribution in [2.75, 3.05) is 20.8 Å². The van der Waals surface area contributed by atoms with Crippen molar-refractivity contribution in [3.05, 3.63) is 0 Å². The molecule has 5 nitrogen and oxygen atoms in total. The molecule has 0 atom stereocenters. The summed E-state index contributed by atoms with van der Waals surface area (Å²) in [6, 6.07) is 0. The fourth-order valence-corrected chi connectivity index (χ4v) is 0.0962. The lowest BCUT2D eigenvalue weighted by molar-refractivity contribution is -0.135. The Balaban J connectivity index is 0. The van der Waals surface area contributed by atoms with E-state index in [1.807, 2.05) is 6.92 Å². The lowest BCUT2D eigenvalue weighted by Gasteiger charge is -2.03. The standard InChI is InChI=1S/C4H10O2.C2H5NO2/c1-4(5-2)6-3;3-1-2(4)5/h4H,1-3H3;1,3H2,(H,4,5). The van der Waals surface area contributed by atoms with Crippen LogP contribution in [0.3, 0.4) is 0 Å². The first-order valence-corrected chi connectivity index (χ1v) is 3.05. The third kappa shape index (κ3) is 17.6. The molecule has 0 aromatic rings. The molecule has 0 spiro atoms. The zero-order valence-electron chi connectivity index (χ0n) is 7.03. The number of methoxy groups -OCH3 is 2. The van der Waals surface area contributed by atoms with Gasteiger partial charge in [0.2, 0.25) is 0 Å². The average Bonchev–Trinajstić information content (AvgIpc) is 2.04. The van der Waals surface area contributed by atoms with E-state index in [0.29, 0.717) is 0 Å². The van der Waals surface area contributed by atoms with Crippen LogP contribution in [0.4, 0.5) is 0 Å². The van der Waals surface area contributed by atoms with Gasteiger partial charge in [-0.15, -0.1) is 0 Å². The Morgan fingerprint density at radius 2 is 1.82 bits per heavy atom. The highest BCUT2D eigenvalue weighted by molar-refractivity contribution is 5.68. The van der Waals surface area contributed by atoms with Crippen LogP contribution in [0, 0.1) is 0 Å². The molecular formula is C6H15NO4. The SMILES string of the molecule is COC(C)OC.NCC(=O)O. The van der Waals surface area contributed by atoms with Crippen molar-refractivity contribution < 1.29 is 19.4 Å². The van der Waals surface area contributed by atoms with E-state index in [2.05, 4.69) is 15.2 Å². The number of nitrogens with two attached hydrogens (primary N) is 1. The maximum Gasteiger partial charge on any atom is 0.317 e. The molecule has 0 fully saturated rings.